The molecule has 1 N–H and O–H groups in total. The molecule has 1 unspecified atom stereocenters. The lowest BCUT2D eigenvalue weighted by molar-refractivity contribution is 0.315. The molecular formula is C16H19FN2O. The number of hydrogen-bond donors (Lipinski definition) is 1. The largest absolute Gasteiger partial charge is 0.492 e. The van der Waals surface area contributed by atoms with Crippen LogP contribution in [-0.4, -0.2) is 18.6 Å². The van der Waals surface area contributed by atoms with E-state index < -0.39 is 0 Å². The van der Waals surface area contributed by atoms with Crippen LogP contribution in [0, 0.1) is 5.82 Å². The quantitative estimate of drug-likeness (QED) is 0.877. The summed E-state index contributed by atoms with van der Waals surface area (Å²) >= 11 is 0. The summed E-state index contributed by atoms with van der Waals surface area (Å²) in [7, 11) is 1.80. The zero-order chi connectivity index (χ0) is 14.4. The maximum atomic E-state index is 13.9. The van der Waals surface area contributed by atoms with Crippen molar-refractivity contribution >= 4 is 0 Å². The number of ether oxygens (including phenoxy) is 1. The molecule has 1 aromatic heterocycles. The fourth-order valence-corrected chi connectivity index (χ4v) is 2.10. The summed E-state index contributed by atoms with van der Waals surface area (Å²) in [5.74, 6) is 0.479. The standard InChI is InChI=1S/C16H19FN2O/c1-3-8-20-13-9-12(10-19-11-13)16(18-2)14-6-4-5-7-15(14)17/h4-7,9-11,16,18H,3,8H2,1-2H3. The monoisotopic (exact) mass is 274 g/mol. The highest BCUT2D eigenvalue weighted by Gasteiger charge is 2.16. The summed E-state index contributed by atoms with van der Waals surface area (Å²) in [6, 6.07) is 8.41. The van der Waals surface area contributed by atoms with Crippen LogP contribution in [-0.2, 0) is 0 Å². The zero-order valence-corrected chi connectivity index (χ0v) is 11.8. The highest BCUT2D eigenvalue weighted by atomic mass is 19.1. The Morgan fingerprint density at radius 3 is 2.80 bits per heavy atom. The number of nitrogens with one attached hydrogen (secondary N) is 1. The molecular weight excluding hydrogens is 255 g/mol. The van der Waals surface area contributed by atoms with E-state index in [-0.39, 0.29) is 11.9 Å². The fraction of sp³-hybridized carbons (Fsp3) is 0.312. The normalized spacial score (nSPS) is 12.2. The predicted molar refractivity (Wildman–Crippen MR) is 77.3 cm³/mol. The Balaban J connectivity index is 2.30. The van der Waals surface area contributed by atoms with E-state index in [9.17, 15) is 4.39 Å². The van der Waals surface area contributed by atoms with Crippen molar-refractivity contribution in [1.29, 1.82) is 0 Å². The first kappa shape index (κ1) is 14.5. The second-order valence-corrected chi connectivity index (χ2v) is 4.55. The Bertz CT molecular complexity index is 560. The van der Waals surface area contributed by atoms with Gasteiger partial charge in [0.05, 0.1) is 18.8 Å². The molecule has 0 fully saturated rings. The molecule has 2 rings (SSSR count). The van der Waals surface area contributed by atoms with Gasteiger partial charge in [-0.3, -0.25) is 4.98 Å². The van der Waals surface area contributed by atoms with Gasteiger partial charge in [0, 0.05) is 11.8 Å². The highest BCUT2D eigenvalue weighted by Crippen LogP contribution is 2.25. The van der Waals surface area contributed by atoms with Crippen LogP contribution in [0.1, 0.15) is 30.5 Å². The van der Waals surface area contributed by atoms with Crippen molar-refractivity contribution in [3.8, 4) is 5.75 Å². The van der Waals surface area contributed by atoms with E-state index in [1.54, 1.807) is 31.6 Å². The molecule has 0 aliphatic rings. The number of nitrogens with zero attached hydrogens (tertiary/aromatic N) is 1. The van der Waals surface area contributed by atoms with E-state index in [0.717, 1.165) is 12.0 Å². The zero-order valence-electron chi connectivity index (χ0n) is 11.8. The third kappa shape index (κ3) is 3.33. The lowest BCUT2D eigenvalue weighted by atomic mass is 10.00. The Hall–Kier alpha value is -1.94. The first-order valence-electron chi connectivity index (χ1n) is 6.75. The molecule has 0 saturated heterocycles. The van der Waals surface area contributed by atoms with Crippen LogP contribution in [0.5, 0.6) is 5.75 Å². The van der Waals surface area contributed by atoms with Gasteiger partial charge in [0.2, 0.25) is 0 Å². The number of halogens is 1. The molecule has 20 heavy (non-hydrogen) atoms. The summed E-state index contributed by atoms with van der Waals surface area (Å²) in [5.41, 5.74) is 1.48. The maximum absolute atomic E-state index is 13.9. The average molecular weight is 274 g/mol. The molecule has 0 bridgehead atoms. The molecule has 106 valence electrons. The number of aromatic nitrogens is 1. The van der Waals surface area contributed by atoms with E-state index in [2.05, 4.69) is 10.3 Å². The number of rotatable bonds is 6. The van der Waals surface area contributed by atoms with Crippen LogP contribution >= 0.6 is 0 Å². The summed E-state index contributed by atoms with van der Waals surface area (Å²) in [6.45, 7) is 2.70. The van der Waals surface area contributed by atoms with Gasteiger partial charge in [-0.05, 0) is 31.2 Å². The number of hydrogen-bond acceptors (Lipinski definition) is 3. The Kier molecular flexibility index (Phi) is 5.07. The molecule has 3 nitrogen and oxygen atoms in total. The molecule has 0 saturated carbocycles. The molecule has 0 radical (unpaired) electrons. The number of benzene rings is 1. The van der Waals surface area contributed by atoms with E-state index in [4.69, 9.17) is 4.74 Å². The predicted octanol–water partition coefficient (Wildman–Crippen LogP) is 3.32. The van der Waals surface area contributed by atoms with Crippen molar-refractivity contribution in [2.45, 2.75) is 19.4 Å². The molecule has 1 atom stereocenters. The van der Waals surface area contributed by atoms with E-state index in [1.165, 1.54) is 6.07 Å². The van der Waals surface area contributed by atoms with E-state index >= 15 is 0 Å². The second-order valence-electron chi connectivity index (χ2n) is 4.55. The summed E-state index contributed by atoms with van der Waals surface area (Å²) in [5, 5.41) is 3.12. The minimum Gasteiger partial charge on any atom is -0.492 e. The molecule has 2 aromatic rings. The molecule has 1 heterocycles. The van der Waals surface area contributed by atoms with Crippen LogP contribution in [0.3, 0.4) is 0 Å². The van der Waals surface area contributed by atoms with Crippen LogP contribution in [0.25, 0.3) is 0 Å². The first-order valence-corrected chi connectivity index (χ1v) is 6.75. The molecule has 0 aliphatic carbocycles. The molecule has 4 heteroatoms. The molecule has 0 spiro atoms. The van der Waals surface area contributed by atoms with Gasteiger partial charge >= 0.3 is 0 Å². The second kappa shape index (κ2) is 7.01. The van der Waals surface area contributed by atoms with Crippen molar-refractivity contribution in [2.75, 3.05) is 13.7 Å². The Morgan fingerprint density at radius 2 is 2.10 bits per heavy atom. The summed E-state index contributed by atoms with van der Waals surface area (Å²) in [4.78, 5) is 4.17. The smallest absolute Gasteiger partial charge is 0.137 e. The average Bonchev–Trinajstić information content (AvgIpc) is 2.48. The number of pyridine rings is 1. The fourth-order valence-electron chi connectivity index (χ4n) is 2.10. The minimum atomic E-state index is -0.242. The van der Waals surface area contributed by atoms with Gasteiger partial charge in [-0.2, -0.15) is 0 Å². The lowest BCUT2D eigenvalue weighted by Gasteiger charge is -2.18. The van der Waals surface area contributed by atoms with Crippen LogP contribution < -0.4 is 10.1 Å². The van der Waals surface area contributed by atoms with Crippen molar-refractivity contribution in [3.63, 3.8) is 0 Å². The third-order valence-electron chi connectivity index (χ3n) is 3.05. The van der Waals surface area contributed by atoms with Gasteiger partial charge in [0.15, 0.2) is 0 Å². The molecule has 1 aromatic carbocycles. The molecule has 0 aliphatic heterocycles. The van der Waals surface area contributed by atoms with Gasteiger partial charge in [-0.1, -0.05) is 25.1 Å². The van der Waals surface area contributed by atoms with Gasteiger partial charge in [0.25, 0.3) is 0 Å². The highest BCUT2D eigenvalue weighted by molar-refractivity contribution is 5.34. The Labute approximate surface area is 118 Å². The van der Waals surface area contributed by atoms with Gasteiger partial charge in [-0.25, -0.2) is 4.39 Å². The maximum Gasteiger partial charge on any atom is 0.137 e. The van der Waals surface area contributed by atoms with E-state index in [0.29, 0.717) is 17.9 Å². The lowest BCUT2D eigenvalue weighted by Crippen LogP contribution is -2.19. The molecule has 0 amide bonds. The van der Waals surface area contributed by atoms with Crippen molar-refractivity contribution in [1.82, 2.24) is 10.3 Å². The SMILES string of the molecule is CCCOc1cncc(C(NC)c2ccccc2F)c1. The van der Waals surface area contributed by atoms with Gasteiger partial charge in [0.1, 0.15) is 11.6 Å². The van der Waals surface area contributed by atoms with Gasteiger partial charge in [-0.15, -0.1) is 0 Å². The van der Waals surface area contributed by atoms with Crippen LogP contribution in [0.2, 0.25) is 0 Å². The van der Waals surface area contributed by atoms with Crippen molar-refractivity contribution < 1.29 is 9.13 Å². The van der Waals surface area contributed by atoms with Crippen molar-refractivity contribution in [2.24, 2.45) is 0 Å². The van der Waals surface area contributed by atoms with Crippen molar-refractivity contribution in [3.05, 3.63) is 59.7 Å². The summed E-state index contributed by atoms with van der Waals surface area (Å²) < 4.78 is 19.5. The topological polar surface area (TPSA) is 34.1 Å². The first-order chi connectivity index (χ1) is 9.76. The Morgan fingerprint density at radius 1 is 1.30 bits per heavy atom. The van der Waals surface area contributed by atoms with E-state index in [1.807, 2.05) is 19.1 Å². The third-order valence-corrected chi connectivity index (χ3v) is 3.05. The summed E-state index contributed by atoms with van der Waals surface area (Å²) in [6.07, 6.45) is 4.34. The van der Waals surface area contributed by atoms with Crippen LogP contribution in [0.4, 0.5) is 4.39 Å². The minimum absolute atomic E-state index is 0.230. The van der Waals surface area contributed by atoms with Crippen LogP contribution in [0.15, 0.2) is 42.7 Å². The van der Waals surface area contributed by atoms with Gasteiger partial charge < -0.3 is 10.1 Å².